The van der Waals surface area contributed by atoms with Gasteiger partial charge in [0.15, 0.2) is 11.6 Å². The van der Waals surface area contributed by atoms with Gasteiger partial charge in [-0.1, -0.05) is 0 Å². The standard InChI is InChI=1S/C11H14F2N2/c12-9-6-8-2-5-15(4-1-3-14)11(8)7-10(9)13/h6-7H,1-5,14H2. The van der Waals surface area contributed by atoms with Crippen LogP contribution in [0.15, 0.2) is 12.1 Å². The number of hydrogen-bond donors (Lipinski definition) is 1. The zero-order valence-electron chi connectivity index (χ0n) is 8.47. The summed E-state index contributed by atoms with van der Waals surface area (Å²) in [4.78, 5) is 2.06. The largest absolute Gasteiger partial charge is 0.371 e. The topological polar surface area (TPSA) is 29.3 Å². The van der Waals surface area contributed by atoms with Gasteiger partial charge in [-0.05, 0) is 31.0 Å². The summed E-state index contributed by atoms with van der Waals surface area (Å²) in [5, 5.41) is 0. The number of fused-ring (bicyclic) bond motifs is 1. The minimum absolute atomic E-state index is 0.621. The van der Waals surface area contributed by atoms with E-state index in [0.29, 0.717) is 6.54 Å². The van der Waals surface area contributed by atoms with Gasteiger partial charge in [-0.3, -0.25) is 0 Å². The second kappa shape index (κ2) is 4.14. The summed E-state index contributed by atoms with van der Waals surface area (Å²) < 4.78 is 26.0. The summed E-state index contributed by atoms with van der Waals surface area (Å²) in [5.74, 6) is -1.53. The third-order valence-corrected chi connectivity index (χ3v) is 2.75. The molecule has 2 nitrogen and oxygen atoms in total. The van der Waals surface area contributed by atoms with Gasteiger partial charge in [0.2, 0.25) is 0 Å². The molecule has 0 aliphatic carbocycles. The number of nitrogens with two attached hydrogens (primary N) is 1. The Morgan fingerprint density at radius 1 is 1.27 bits per heavy atom. The Kier molecular flexibility index (Phi) is 2.86. The highest BCUT2D eigenvalue weighted by Gasteiger charge is 2.20. The van der Waals surface area contributed by atoms with Crippen molar-refractivity contribution < 1.29 is 8.78 Å². The van der Waals surface area contributed by atoms with Crippen LogP contribution in [0.3, 0.4) is 0 Å². The van der Waals surface area contributed by atoms with Gasteiger partial charge in [0.25, 0.3) is 0 Å². The van der Waals surface area contributed by atoms with Crippen molar-refractivity contribution in [2.45, 2.75) is 12.8 Å². The van der Waals surface area contributed by atoms with E-state index in [-0.39, 0.29) is 0 Å². The lowest BCUT2D eigenvalue weighted by Gasteiger charge is -2.18. The van der Waals surface area contributed by atoms with E-state index in [4.69, 9.17) is 5.73 Å². The summed E-state index contributed by atoms with van der Waals surface area (Å²) in [5.41, 5.74) is 7.14. The van der Waals surface area contributed by atoms with Crippen molar-refractivity contribution in [3.05, 3.63) is 29.3 Å². The lowest BCUT2D eigenvalue weighted by Crippen LogP contribution is -2.23. The Morgan fingerprint density at radius 2 is 2.00 bits per heavy atom. The van der Waals surface area contributed by atoms with Crippen LogP contribution >= 0.6 is 0 Å². The summed E-state index contributed by atoms with van der Waals surface area (Å²) >= 11 is 0. The normalized spacial score (nSPS) is 14.5. The molecular formula is C11H14F2N2. The molecule has 0 radical (unpaired) electrons. The van der Waals surface area contributed by atoms with Crippen molar-refractivity contribution in [3.8, 4) is 0 Å². The van der Waals surface area contributed by atoms with Crippen molar-refractivity contribution in [1.82, 2.24) is 0 Å². The van der Waals surface area contributed by atoms with Gasteiger partial charge in [-0.2, -0.15) is 0 Å². The van der Waals surface area contributed by atoms with Crippen LogP contribution in [-0.2, 0) is 6.42 Å². The maximum atomic E-state index is 13.0. The molecule has 0 unspecified atom stereocenters. The average Bonchev–Trinajstić information content (AvgIpc) is 2.59. The predicted octanol–water partition coefficient (Wildman–Crippen LogP) is 1.68. The summed E-state index contributed by atoms with van der Waals surface area (Å²) in [6.45, 7) is 2.27. The smallest absolute Gasteiger partial charge is 0.160 e. The summed E-state index contributed by atoms with van der Waals surface area (Å²) in [6.07, 6.45) is 1.66. The molecule has 0 aromatic heterocycles. The number of hydrogen-bond acceptors (Lipinski definition) is 2. The third kappa shape index (κ3) is 1.95. The molecule has 2 N–H and O–H groups in total. The van der Waals surface area contributed by atoms with Gasteiger partial charge in [0.1, 0.15) is 0 Å². The second-order valence-corrected chi connectivity index (χ2v) is 3.77. The van der Waals surface area contributed by atoms with E-state index >= 15 is 0 Å². The molecule has 1 aliphatic heterocycles. The molecule has 0 saturated heterocycles. The first-order chi connectivity index (χ1) is 7.22. The average molecular weight is 212 g/mol. The number of nitrogens with zero attached hydrogens (tertiary/aromatic N) is 1. The fraction of sp³-hybridized carbons (Fsp3) is 0.455. The molecule has 2 rings (SSSR count). The van der Waals surface area contributed by atoms with Crippen LogP contribution in [0.4, 0.5) is 14.5 Å². The number of halogens is 2. The van der Waals surface area contributed by atoms with Crippen LogP contribution in [-0.4, -0.2) is 19.6 Å². The number of rotatable bonds is 3. The SMILES string of the molecule is NCCCN1CCc2cc(F)c(F)cc21. The maximum absolute atomic E-state index is 13.0. The maximum Gasteiger partial charge on any atom is 0.160 e. The third-order valence-electron chi connectivity index (χ3n) is 2.75. The van der Waals surface area contributed by atoms with E-state index in [1.807, 2.05) is 0 Å². The highest BCUT2D eigenvalue weighted by molar-refractivity contribution is 5.58. The fourth-order valence-electron chi connectivity index (χ4n) is 1.96. The molecule has 0 bridgehead atoms. The Bertz CT molecular complexity index is 366. The Labute approximate surface area is 87.7 Å². The van der Waals surface area contributed by atoms with Gasteiger partial charge in [0.05, 0.1) is 0 Å². The molecule has 0 spiro atoms. The molecule has 0 atom stereocenters. The molecule has 1 heterocycles. The quantitative estimate of drug-likeness (QED) is 0.826. The van der Waals surface area contributed by atoms with Crippen molar-refractivity contribution in [1.29, 1.82) is 0 Å². The van der Waals surface area contributed by atoms with Gasteiger partial charge >= 0.3 is 0 Å². The van der Waals surface area contributed by atoms with Gasteiger partial charge in [-0.15, -0.1) is 0 Å². The molecule has 0 saturated carbocycles. The highest BCUT2D eigenvalue weighted by Crippen LogP contribution is 2.29. The molecule has 4 heteroatoms. The molecule has 15 heavy (non-hydrogen) atoms. The Hall–Kier alpha value is -1.16. The van der Waals surface area contributed by atoms with Gasteiger partial charge in [0, 0.05) is 24.8 Å². The highest BCUT2D eigenvalue weighted by atomic mass is 19.2. The van der Waals surface area contributed by atoms with E-state index in [0.717, 1.165) is 37.2 Å². The summed E-state index contributed by atoms with van der Waals surface area (Å²) in [7, 11) is 0. The van der Waals surface area contributed by atoms with Gasteiger partial charge < -0.3 is 10.6 Å². The Balaban J connectivity index is 2.22. The van der Waals surface area contributed by atoms with E-state index in [1.54, 1.807) is 0 Å². The van der Waals surface area contributed by atoms with Crippen LogP contribution in [0.25, 0.3) is 0 Å². The van der Waals surface area contributed by atoms with E-state index in [1.165, 1.54) is 12.1 Å². The van der Waals surface area contributed by atoms with Crippen LogP contribution in [0, 0.1) is 11.6 Å². The van der Waals surface area contributed by atoms with Gasteiger partial charge in [-0.25, -0.2) is 8.78 Å². The second-order valence-electron chi connectivity index (χ2n) is 3.77. The molecule has 0 amide bonds. The lowest BCUT2D eigenvalue weighted by molar-refractivity contribution is 0.508. The minimum Gasteiger partial charge on any atom is -0.371 e. The molecule has 1 aromatic rings. The number of anilines is 1. The van der Waals surface area contributed by atoms with E-state index in [2.05, 4.69) is 4.90 Å². The minimum atomic E-state index is -0.770. The molecule has 0 fully saturated rings. The van der Waals surface area contributed by atoms with Crippen molar-refractivity contribution >= 4 is 5.69 Å². The first-order valence-corrected chi connectivity index (χ1v) is 5.15. The van der Waals surface area contributed by atoms with Crippen LogP contribution in [0.5, 0.6) is 0 Å². The first-order valence-electron chi connectivity index (χ1n) is 5.15. The Morgan fingerprint density at radius 3 is 2.73 bits per heavy atom. The molecule has 82 valence electrons. The predicted molar refractivity (Wildman–Crippen MR) is 55.9 cm³/mol. The monoisotopic (exact) mass is 212 g/mol. The van der Waals surface area contributed by atoms with E-state index in [9.17, 15) is 8.78 Å². The molecule has 1 aromatic carbocycles. The number of benzene rings is 1. The van der Waals surface area contributed by atoms with E-state index < -0.39 is 11.6 Å². The fourth-order valence-corrected chi connectivity index (χ4v) is 1.96. The van der Waals surface area contributed by atoms with Crippen molar-refractivity contribution in [2.24, 2.45) is 5.73 Å². The summed E-state index contributed by atoms with van der Waals surface area (Å²) in [6, 6.07) is 2.58. The van der Waals surface area contributed by atoms with Crippen LogP contribution in [0.1, 0.15) is 12.0 Å². The zero-order chi connectivity index (χ0) is 10.8. The molecular weight excluding hydrogens is 198 g/mol. The van der Waals surface area contributed by atoms with Crippen molar-refractivity contribution in [2.75, 3.05) is 24.5 Å². The van der Waals surface area contributed by atoms with Crippen LogP contribution in [0.2, 0.25) is 0 Å². The molecule has 1 aliphatic rings. The van der Waals surface area contributed by atoms with Crippen molar-refractivity contribution in [3.63, 3.8) is 0 Å². The first kappa shape index (κ1) is 10.4. The zero-order valence-corrected chi connectivity index (χ0v) is 8.47. The lowest BCUT2D eigenvalue weighted by atomic mass is 10.1. The van der Waals surface area contributed by atoms with Crippen LogP contribution < -0.4 is 10.6 Å².